The van der Waals surface area contributed by atoms with Gasteiger partial charge in [0.15, 0.2) is 0 Å². The number of carbonyl (C=O) groups is 2. The first-order valence-corrected chi connectivity index (χ1v) is 32.2. The Hall–Kier alpha value is -4.78. The fraction of sp³-hybridized carbons (Fsp3) is 0.658. The Bertz CT molecular complexity index is 2710. The molecule has 0 fully saturated rings. The second-order valence-electron chi connectivity index (χ2n) is 29.5. The van der Waals surface area contributed by atoms with Crippen LogP contribution in [0.4, 0.5) is 0 Å². The number of benzene rings is 4. The molecule has 0 spiro atoms. The van der Waals surface area contributed by atoms with Crippen LogP contribution in [0.1, 0.15) is 350 Å². The Kier molecular flexibility index (Phi) is 26.0. The first-order valence-electron chi connectivity index (χ1n) is 32.2. The molecule has 7 nitrogen and oxygen atoms in total. The number of phenols is 3. The molecule has 4 aromatic rings. The average molecular weight is 1150 g/mol. The fourth-order valence-electron chi connectivity index (χ4n) is 10.2. The predicted molar refractivity (Wildman–Crippen MR) is 355 cm³/mol. The molecule has 0 amide bonds. The summed E-state index contributed by atoms with van der Waals surface area (Å²) < 4.78 is 6.31. The minimum atomic E-state index is -0.711. The van der Waals surface area contributed by atoms with Gasteiger partial charge in [-0.15, -0.1) is 0 Å². The lowest BCUT2D eigenvalue weighted by molar-refractivity contribution is -0.137. The molecule has 0 aliphatic rings. The van der Waals surface area contributed by atoms with Crippen LogP contribution in [0.25, 0.3) is 0 Å². The van der Waals surface area contributed by atoms with Crippen molar-refractivity contribution in [3.63, 3.8) is 0 Å². The number of aromatic hydroxyl groups is 3. The molecule has 83 heavy (non-hydrogen) atoms. The van der Waals surface area contributed by atoms with E-state index in [0.717, 1.165) is 109 Å². The zero-order valence-electron chi connectivity index (χ0n) is 58.3. The maximum atomic E-state index is 13.1. The third-order valence-corrected chi connectivity index (χ3v) is 20.6. The zero-order chi connectivity index (χ0) is 64.4. The molecule has 468 valence electrons. The van der Waals surface area contributed by atoms with E-state index in [4.69, 9.17) is 9.84 Å². The molecule has 0 saturated carbocycles. The number of carbonyl (C=O) groups excluding carboxylic acids is 1. The van der Waals surface area contributed by atoms with Crippen LogP contribution >= 0.6 is 0 Å². The van der Waals surface area contributed by atoms with Crippen LogP contribution in [0.2, 0.25) is 0 Å². The van der Waals surface area contributed by atoms with Gasteiger partial charge in [0.05, 0.1) is 0 Å². The van der Waals surface area contributed by atoms with Gasteiger partial charge in [0.2, 0.25) is 0 Å². The van der Waals surface area contributed by atoms with Gasteiger partial charge in [0, 0.05) is 69.2 Å². The number of rotatable bonds is 25. The monoisotopic (exact) mass is 1150 g/mol. The third kappa shape index (κ3) is 17.7. The summed E-state index contributed by atoms with van der Waals surface area (Å²) in [6, 6.07) is 17.8. The molecule has 0 bridgehead atoms. The van der Waals surface area contributed by atoms with Crippen molar-refractivity contribution in [1.29, 1.82) is 0 Å². The fourth-order valence-corrected chi connectivity index (χ4v) is 10.2. The van der Waals surface area contributed by atoms with Crippen LogP contribution < -0.4 is 4.74 Å². The minimum Gasteiger partial charge on any atom is -0.507 e. The van der Waals surface area contributed by atoms with Gasteiger partial charge in [-0.05, 0) is 130 Å². The number of aliphatic carboxylic acids is 1. The molecule has 1 unspecified atom stereocenters. The summed E-state index contributed by atoms with van der Waals surface area (Å²) in [6.45, 7) is 61.8. The first kappa shape index (κ1) is 74.3. The number of esters is 1. The van der Waals surface area contributed by atoms with Crippen molar-refractivity contribution >= 4 is 11.9 Å². The van der Waals surface area contributed by atoms with Crippen molar-refractivity contribution in [3.8, 4) is 23.0 Å². The lowest BCUT2D eigenvalue weighted by Crippen LogP contribution is -2.24. The number of hydrogen-bond donors (Lipinski definition) is 4. The molecule has 0 saturated heterocycles. The normalized spacial score (nSPS) is 13.3. The van der Waals surface area contributed by atoms with Crippen LogP contribution in [-0.4, -0.2) is 32.4 Å². The number of phenolic OH excluding ortho intramolecular Hbond substituents is 3. The van der Waals surface area contributed by atoms with Crippen LogP contribution in [0, 0.1) is 0 Å². The molecule has 0 radical (unpaired) electrons. The average Bonchev–Trinajstić information content (AvgIpc) is 3.49. The Balaban J connectivity index is 0.000000519. The molecule has 4 rings (SSSR count). The number of carboxylic acids is 1. The van der Waals surface area contributed by atoms with Crippen LogP contribution in [0.5, 0.6) is 23.0 Å². The number of hydrogen-bond acceptors (Lipinski definition) is 6. The molecule has 0 aliphatic carbocycles. The van der Waals surface area contributed by atoms with Crippen molar-refractivity contribution in [3.05, 3.63) is 115 Å². The smallest absolute Gasteiger partial charge is 0.311 e. The lowest BCUT2D eigenvalue weighted by Gasteiger charge is -2.34. The lowest BCUT2D eigenvalue weighted by atomic mass is 9.71. The van der Waals surface area contributed by atoms with E-state index in [9.17, 15) is 24.9 Å². The molecule has 0 aromatic heterocycles. The maximum absolute atomic E-state index is 13.1. The molecular formula is C76H122O7. The predicted octanol–water partition coefficient (Wildman–Crippen LogP) is 21.9. The van der Waals surface area contributed by atoms with E-state index in [-0.39, 0.29) is 61.1 Å². The quantitative estimate of drug-likeness (QED) is 0.0385. The first-order chi connectivity index (χ1) is 38.0. The molecule has 0 heterocycles. The van der Waals surface area contributed by atoms with E-state index in [2.05, 4.69) is 229 Å². The molecule has 0 aliphatic heterocycles. The number of ether oxygens (including phenoxy) is 1. The summed E-state index contributed by atoms with van der Waals surface area (Å²) in [5, 5.41) is 43.3. The van der Waals surface area contributed by atoms with Gasteiger partial charge in [-0.1, -0.05) is 242 Å². The van der Waals surface area contributed by atoms with Gasteiger partial charge in [0.1, 0.15) is 23.0 Å². The van der Waals surface area contributed by atoms with E-state index in [0.29, 0.717) is 35.8 Å². The Morgan fingerprint density at radius 2 is 0.590 bits per heavy atom. The third-order valence-electron chi connectivity index (χ3n) is 20.6. The van der Waals surface area contributed by atoms with Gasteiger partial charge in [-0.25, -0.2) is 0 Å². The van der Waals surface area contributed by atoms with Gasteiger partial charge >= 0.3 is 11.9 Å². The van der Waals surface area contributed by atoms with Crippen molar-refractivity contribution < 1.29 is 34.8 Å². The maximum Gasteiger partial charge on any atom is 0.311 e. The van der Waals surface area contributed by atoms with E-state index < -0.39 is 5.97 Å². The number of carboxylic acid groups (broad SMARTS) is 1. The summed E-state index contributed by atoms with van der Waals surface area (Å²) in [4.78, 5) is 22.7. The SMILES string of the molecule is CCC(C)(C)c1cc(C(C)c2cc(C(C)(C)CC)cc(C(C)(C)CC)c2O)c(O)c(C(C)(C)CC)c1.CCCC(=O)O.CCCC(=O)Oc1c(C(C)c2cc(C(C)(C)CC)cc(C(C)(C)CC)c2O)cc(C(C)(C)CC)cc1C(C)(C)CC. The summed E-state index contributed by atoms with van der Waals surface area (Å²) in [5.41, 5.74) is 12.0. The summed E-state index contributed by atoms with van der Waals surface area (Å²) in [5.74, 6) is 0.547. The zero-order valence-corrected chi connectivity index (χ0v) is 58.3. The summed E-state index contributed by atoms with van der Waals surface area (Å²) in [7, 11) is 0. The van der Waals surface area contributed by atoms with Gasteiger partial charge in [-0.3, -0.25) is 9.59 Å². The van der Waals surface area contributed by atoms with E-state index in [1.807, 2.05) is 13.8 Å². The standard InChI is InChI=1S/C38H60O3.C34H54O2.C4H8O2/c1-15-20-32(39)41-34-29(22-27(36(9,10)17-3)24-31(34)38(13,14)19-5)25(6)28-21-26(35(7,8)16-2)23-30(33(28)40)37(11,12)18-4;1-14-31(6,7)23-18-25(29(35)27(20-23)33(10,11)16-3)22(5)26-19-24(32(8,9)15-2)21-28(30(26)36)34(12,13)17-4;1-2-3-4(5)6/h21-25,40H,15-20H2,1-14H3;18-22,35-36H,14-17H2,1-13H3;2-3H2,1H3,(H,5,6). The molecule has 4 N–H and O–H groups in total. The highest BCUT2D eigenvalue weighted by Gasteiger charge is 2.37. The Morgan fingerprint density at radius 1 is 0.361 bits per heavy atom. The summed E-state index contributed by atoms with van der Waals surface area (Å²) >= 11 is 0. The molecular weight excluding hydrogens is 1020 g/mol. The van der Waals surface area contributed by atoms with Crippen LogP contribution in [0.3, 0.4) is 0 Å². The second kappa shape index (κ2) is 29.1. The van der Waals surface area contributed by atoms with Crippen LogP contribution in [0.15, 0.2) is 48.5 Å². The van der Waals surface area contributed by atoms with E-state index >= 15 is 0 Å². The van der Waals surface area contributed by atoms with E-state index in [1.54, 1.807) is 0 Å². The molecule has 7 heteroatoms. The van der Waals surface area contributed by atoms with Crippen molar-refractivity contribution in [1.82, 2.24) is 0 Å². The highest BCUT2D eigenvalue weighted by molar-refractivity contribution is 5.74. The van der Waals surface area contributed by atoms with Crippen molar-refractivity contribution in [2.75, 3.05) is 0 Å². The Morgan fingerprint density at radius 3 is 0.819 bits per heavy atom. The molecule has 1 atom stereocenters. The topological polar surface area (TPSA) is 124 Å². The summed E-state index contributed by atoms with van der Waals surface area (Å²) in [6.07, 6.45) is 9.84. The minimum absolute atomic E-state index is 0.00972. The highest BCUT2D eigenvalue weighted by atomic mass is 16.5. The van der Waals surface area contributed by atoms with Crippen molar-refractivity contribution in [2.24, 2.45) is 0 Å². The second-order valence-corrected chi connectivity index (χ2v) is 29.5. The van der Waals surface area contributed by atoms with E-state index in [1.165, 1.54) is 22.3 Å². The van der Waals surface area contributed by atoms with Gasteiger partial charge in [-0.2, -0.15) is 0 Å². The highest BCUT2D eigenvalue weighted by Crippen LogP contribution is 2.51. The largest absolute Gasteiger partial charge is 0.507 e. The van der Waals surface area contributed by atoms with Crippen LogP contribution in [-0.2, 0) is 52.9 Å². The molecule has 4 aromatic carbocycles. The van der Waals surface area contributed by atoms with Crippen molar-refractivity contribution in [2.45, 2.75) is 326 Å². The van der Waals surface area contributed by atoms with Gasteiger partial charge in [0.25, 0.3) is 0 Å². The Labute approximate surface area is 508 Å². The van der Waals surface area contributed by atoms with Gasteiger partial charge < -0.3 is 25.2 Å².